The number of aromatic nitrogens is 2. The highest BCUT2D eigenvalue weighted by molar-refractivity contribution is 5.86. The first-order chi connectivity index (χ1) is 13.2. The Kier molecular flexibility index (Phi) is 5.01. The lowest BCUT2D eigenvalue weighted by Crippen LogP contribution is -2.38. The van der Waals surface area contributed by atoms with Crippen molar-refractivity contribution >= 4 is 22.6 Å². The fourth-order valence-corrected chi connectivity index (χ4v) is 3.64. The van der Waals surface area contributed by atoms with Crippen LogP contribution >= 0.6 is 0 Å². The summed E-state index contributed by atoms with van der Waals surface area (Å²) in [6, 6.07) is 16.7. The average molecular weight is 360 g/mol. The highest BCUT2D eigenvalue weighted by Gasteiger charge is 2.20. The van der Waals surface area contributed by atoms with Gasteiger partial charge in [-0.05, 0) is 41.7 Å². The number of likely N-dealkylation sites (tertiary alicyclic amines) is 1. The number of nitrogens with zero attached hydrogens (tertiary/aromatic N) is 3. The fourth-order valence-electron chi connectivity index (χ4n) is 3.64. The molecule has 0 spiro atoms. The normalized spacial score (nSPS) is 15.1. The lowest BCUT2D eigenvalue weighted by atomic mass is 9.97. The Hall–Kier alpha value is -2.95. The number of carbonyl (C=O) groups is 1. The number of amides is 1. The minimum Gasteiger partial charge on any atom is -0.354 e. The molecule has 2 aromatic carbocycles. The molecule has 1 saturated heterocycles. The number of benzene rings is 2. The third-order valence-electron chi connectivity index (χ3n) is 5.31. The molecule has 0 aliphatic carbocycles. The highest BCUT2D eigenvalue weighted by Crippen LogP contribution is 2.24. The molecular formula is C22H24N4O. The number of hydrogen-bond acceptors (Lipinski definition) is 4. The van der Waals surface area contributed by atoms with Gasteiger partial charge in [0.1, 0.15) is 0 Å². The molecule has 0 unspecified atom stereocenters. The molecule has 3 aromatic rings. The number of rotatable bonds is 4. The van der Waals surface area contributed by atoms with Crippen molar-refractivity contribution in [1.29, 1.82) is 0 Å². The monoisotopic (exact) mass is 360 g/mol. The zero-order chi connectivity index (χ0) is 18.6. The number of nitrogens with one attached hydrogen (secondary N) is 1. The minimum atomic E-state index is 0.174. The molecule has 5 heteroatoms. The Morgan fingerprint density at radius 2 is 1.89 bits per heavy atom. The Balaban J connectivity index is 1.42. The van der Waals surface area contributed by atoms with E-state index in [-0.39, 0.29) is 5.91 Å². The molecule has 1 aliphatic heterocycles. The zero-order valence-corrected chi connectivity index (χ0v) is 15.6. The van der Waals surface area contributed by atoms with Crippen LogP contribution < -0.4 is 5.32 Å². The first kappa shape index (κ1) is 17.5. The molecule has 1 fully saturated rings. The summed E-state index contributed by atoms with van der Waals surface area (Å²) < 4.78 is 0. The fraction of sp³-hybridized carbons (Fsp3) is 0.318. The molecule has 1 aliphatic rings. The molecule has 1 N–H and O–H groups in total. The molecule has 4 rings (SSSR count). The van der Waals surface area contributed by atoms with Crippen molar-refractivity contribution in [3.05, 3.63) is 54.7 Å². The Morgan fingerprint density at radius 1 is 1.11 bits per heavy atom. The first-order valence-corrected chi connectivity index (χ1v) is 9.50. The molecule has 27 heavy (non-hydrogen) atoms. The van der Waals surface area contributed by atoms with Crippen LogP contribution in [0.15, 0.2) is 54.7 Å². The van der Waals surface area contributed by atoms with Gasteiger partial charge in [0, 0.05) is 38.3 Å². The van der Waals surface area contributed by atoms with E-state index in [0.29, 0.717) is 11.9 Å². The van der Waals surface area contributed by atoms with Crippen LogP contribution in [0.4, 0.5) is 5.95 Å². The predicted octanol–water partition coefficient (Wildman–Crippen LogP) is 3.97. The summed E-state index contributed by atoms with van der Waals surface area (Å²) in [5.41, 5.74) is 2.01. The number of anilines is 1. The van der Waals surface area contributed by atoms with Crippen LogP contribution in [0.25, 0.3) is 22.0 Å². The highest BCUT2D eigenvalue weighted by atomic mass is 16.2. The second-order valence-electron chi connectivity index (χ2n) is 7.16. The quantitative estimate of drug-likeness (QED) is 0.765. The van der Waals surface area contributed by atoms with Crippen LogP contribution in [0.3, 0.4) is 0 Å². The maximum Gasteiger partial charge on any atom is 0.223 e. The second-order valence-corrected chi connectivity index (χ2v) is 7.16. The van der Waals surface area contributed by atoms with Gasteiger partial charge in [-0.15, -0.1) is 0 Å². The third-order valence-corrected chi connectivity index (χ3v) is 5.31. The summed E-state index contributed by atoms with van der Waals surface area (Å²) >= 11 is 0. The van der Waals surface area contributed by atoms with Gasteiger partial charge >= 0.3 is 0 Å². The minimum absolute atomic E-state index is 0.174. The third kappa shape index (κ3) is 4.08. The SMILES string of the molecule is CC(=O)N1CCC(CNc2nccc(-c3ccc4ccccc4c3)n2)CC1. The van der Waals surface area contributed by atoms with Crippen LogP contribution in [0.2, 0.25) is 0 Å². The molecule has 2 heterocycles. The van der Waals surface area contributed by atoms with E-state index < -0.39 is 0 Å². The van der Waals surface area contributed by atoms with Crippen molar-refractivity contribution in [2.24, 2.45) is 5.92 Å². The summed E-state index contributed by atoms with van der Waals surface area (Å²) in [5.74, 6) is 1.39. The van der Waals surface area contributed by atoms with E-state index in [0.717, 1.165) is 43.7 Å². The van der Waals surface area contributed by atoms with E-state index in [1.165, 1.54) is 10.8 Å². The van der Waals surface area contributed by atoms with Gasteiger partial charge in [-0.3, -0.25) is 4.79 Å². The van der Waals surface area contributed by atoms with Crippen molar-refractivity contribution in [1.82, 2.24) is 14.9 Å². The number of piperidine rings is 1. The topological polar surface area (TPSA) is 58.1 Å². The smallest absolute Gasteiger partial charge is 0.223 e. The van der Waals surface area contributed by atoms with Gasteiger partial charge in [0.15, 0.2) is 0 Å². The summed E-state index contributed by atoms with van der Waals surface area (Å²) in [7, 11) is 0. The van der Waals surface area contributed by atoms with E-state index >= 15 is 0 Å². The van der Waals surface area contributed by atoms with Crippen LogP contribution in [0.5, 0.6) is 0 Å². The van der Waals surface area contributed by atoms with Crippen molar-refractivity contribution < 1.29 is 4.79 Å². The van der Waals surface area contributed by atoms with Crippen LogP contribution in [-0.4, -0.2) is 40.4 Å². The summed E-state index contributed by atoms with van der Waals surface area (Å²) in [6.07, 6.45) is 3.85. The molecule has 0 bridgehead atoms. The van der Waals surface area contributed by atoms with Crippen molar-refractivity contribution in [2.45, 2.75) is 19.8 Å². The maximum atomic E-state index is 11.4. The Bertz CT molecular complexity index is 948. The van der Waals surface area contributed by atoms with Gasteiger partial charge in [-0.1, -0.05) is 36.4 Å². The largest absolute Gasteiger partial charge is 0.354 e. The van der Waals surface area contributed by atoms with Crippen LogP contribution in [-0.2, 0) is 4.79 Å². The van der Waals surface area contributed by atoms with Crippen molar-refractivity contribution in [3.8, 4) is 11.3 Å². The van der Waals surface area contributed by atoms with Crippen LogP contribution in [0.1, 0.15) is 19.8 Å². The van der Waals surface area contributed by atoms with Gasteiger partial charge in [0.2, 0.25) is 11.9 Å². The van der Waals surface area contributed by atoms with Gasteiger partial charge in [-0.25, -0.2) is 9.97 Å². The van der Waals surface area contributed by atoms with Gasteiger partial charge < -0.3 is 10.2 Å². The molecule has 138 valence electrons. The van der Waals surface area contributed by atoms with E-state index in [4.69, 9.17) is 4.98 Å². The second kappa shape index (κ2) is 7.74. The van der Waals surface area contributed by atoms with E-state index in [9.17, 15) is 4.79 Å². The summed E-state index contributed by atoms with van der Waals surface area (Å²) in [6.45, 7) is 4.18. The first-order valence-electron chi connectivity index (χ1n) is 9.50. The number of carbonyl (C=O) groups excluding carboxylic acids is 1. The Labute approximate surface area is 159 Å². The average Bonchev–Trinajstić information content (AvgIpc) is 2.72. The lowest BCUT2D eigenvalue weighted by molar-refractivity contribution is -0.130. The summed E-state index contributed by atoms with van der Waals surface area (Å²) in [4.78, 5) is 22.4. The molecule has 5 nitrogen and oxygen atoms in total. The van der Waals surface area contributed by atoms with Crippen molar-refractivity contribution in [3.63, 3.8) is 0 Å². The molecule has 0 saturated carbocycles. The standard InChI is InChI=1S/C22H24N4O/c1-16(27)26-12-9-17(10-13-26)15-24-22-23-11-8-21(25-22)20-7-6-18-4-2-3-5-19(18)14-20/h2-8,11,14,17H,9-10,12-13,15H2,1H3,(H,23,24,25). The zero-order valence-electron chi connectivity index (χ0n) is 15.6. The number of hydrogen-bond donors (Lipinski definition) is 1. The lowest BCUT2D eigenvalue weighted by Gasteiger charge is -2.31. The summed E-state index contributed by atoms with van der Waals surface area (Å²) in [5, 5.41) is 5.82. The Morgan fingerprint density at radius 3 is 2.67 bits per heavy atom. The molecule has 1 amide bonds. The van der Waals surface area contributed by atoms with Gasteiger partial charge in [0.05, 0.1) is 5.69 Å². The molecule has 0 atom stereocenters. The van der Waals surface area contributed by atoms with Crippen molar-refractivity contribution in [2.75, 3.05) is 25.0 Å². The van der Waals surface area contributed by atoms with Gasteiger partial charge in [-0.2, -0.15) is 0 Å². The number of fused-ring (bicyclic) bond motifs is 1. The maximum absolute atomic E-state index is 11.4. The van der Waals surface area contributed by atoms with E-state index in [1.54, 1.807) is 13.1 Å². The van der Waals surface area contributed by atoms with Crippen LogP contribution in [0, 0.1) is 5.92 Å². The molecule has 0 radical (unpaired) electrons. The van der Waals surface area contributed by atoms with Gasteiger partial charge in [0.25, 0.3) is 0 Å². The molecule has 1 aromatic heterocycles. The van der Waals surface area contributed by atoms with E-state index in [1.807, 2.05) is 11.0 Å². The van der Waals surface area contributed by atoms with E-state index in [2.05, 4.69) is 52.8 Å². The molecular weight excluding hydrogens is 336 g/mol. The predicted molar refractivity (Wildman–Crippen MR) is 108 cm³/mol.